The van der Waals surface area contributed by atoms with E-state index in [4.69, 9.17) is 4.74 Å². The van der Waals surface area contributed by atoms with E-state index in [1.54, 1.807) is 19.2 Å². The average Bonchev–Trinajstić information content (AvgIpc) is 2.79. The highest BCUT2D eigenvalue weighted by atomic mass is 19.1. The summed E-state index contributed by atoms with van der Waals surface area (Å²) in [4.78, 5) is 28.1. The van der Waals surface area contributed by atoms with E-state index in [2.05, 4.69) is 10.2 Å². The molecule has 166 valence electrons. The molecule has 1 atom stereocenters. The number of piperazine rings is 1. The molecule has 7 heteroatoms. The van der Waals surface area contributed by atoms with Crippen LogP contribution in [0.3, 0.4) is 0 Å². The van der Waals surface area contributed by atoms with Gasteiger partial charge in [0.25, 0.3) is 0 Å². The van der Waals surface area contributed by atoms with Crippen molar-refractivity contribution in [2.75, 3.05) is 44.7 Å². The van der Waals surface area contributed by atoms with Crippen LogP contribution in [-0.2, 0) is 11.2 Å². The van der Waals surface area contributed by atoms with Crippen molar-refractivity contribution in [1.29, 1.82) is 0 Å². The van der Waals surface area contributed by atoms with Crippen LogP contribution >= 0.6 is 0 Å². The molecule has 1 aliphatic heterocycles. The number of nitrogens with zero attached hydrogens (tertiary/aromatic N) is 2. The lowest BCUT2D eigenvalue weighted by Gasteiger charge is -2.38. The number of hydrogen-bond donors (Lipinski definition) is 1. The minimum atomic E-state index is -0.384. The third kappa shape index (κ3) is 5.82. The van der Waals surface area contributed by atoms with E-state index in [0.29, 0.717) is 44.0 Å². The van der Waals surface area contributed by atoms with Crippen LogP contribution in [0.4, 0.5) is 10.1 Å². The third-order valence-electron chi connectivity index (χ3n) is 5.81. The summed E-state index contributed by atoms with van der Waals surface area (Å²) in [5.41, 5.74) is 2.02. The monoisotopic (exact) mass is 427 g/mol. The van der Waals surface area contributed by atoms with Gasteiger partial charge in [-0.1, -0.05) is 12.1 Å². The van der Waals surface area contributed by atoms with Gasteiger partial charge in [-0.05, 0) is 56.2 Å². The quantitative estimate of drug-likeness (QED) is 0.657. The highest BCUT2D eigenvalue weighted by Gasteiger charge is 2.26. The average molecular weight is 428 g/mol. The number of carbonyl (C=O) groups is 2. The largest absolute Gasteiger partial charge is 0.497 e. The molecule has 1 unspecified atom stereocenters. The van der Waals surface area contributed by atoms with E-state index < -0.39 is 0 Å². The lowest BCUT2D eigenvalue weighted by atomic mass is 10.1. The van der Waals surface area contributed by atoms with E-state index >= 15 is 0 Å². The van der Waals surface area contributed by atoms with E-state index in [-0.39, 0.29) is 23.5 Å². The van der Waals surface area contributed by atoms with Crippen molar-refractivity contribution in [3.63, 3.8) is 0 Å². The predicted molar refractivity (Wildman–Crippen MR) is 119 cm³/mol. The first-order valence-electron chi connectivity index (χ1n) is 10.6. The van der Waals surface area contributed by atoms with Crippen LogP contribution in [0.1, 0.15) is 29.8 Å². The molecule has 0 radical (unpaired) electrons. The molecule has 1 heterocycles. The lowest BCUT2D eigenvalue weighted by Crippen LogP contribution is -2.54. The van der Waals surface area contributed by atoms with E-state index in [9.17, 15) is 14.0 Å². The third-order valence-corrected chi connectivity index (χ3v) is 5.81. The van der Waals surface area contributed by atoms with E-state index in [0.717, 1.165) is 17.7 Å². The van der Waals surface area contributed by atoms with Gasteiger partial charge in [0.1, 0.15) is 11.6 Å². The van der Waals surface area contributed by atoms with E-state index in [1.165, 1.54) is 13.0 Å². The Bertz CT molecular complexity index is 909. The Labute approximate surface area is 183 Å². The van der Waals surface area contributed by atoms with Crippen LogP contribution in [-0.4, -0.2) is 62.5 Å². The van der Waals surface area contributed by atoms with Crippen LogP contribution in [0.25, 0.3) is 0 Å². The van der Waals surface area contributed by atoms with Crippen molar-refractivity contribution in [3.8, 4) is 5.75 Å². The van der Waals surface area contributed by atoms with Gasteiger partial charge in [-0.3, -0.25) is 14.5 Å². The Hall–Kier alpha value is -2.93. The Balaban J connectivity index is 1.46. The number of carbonyl (C=O) groups excluding carboxylic acids is 2. The Kier molecular flexibility index (Phi) is 7.63. The van der Waals surface area contributed by atoms with Crippen molar-refractivity contribution in [2.24, 2.45) is 0 Å². The molecule has 1 saturated heterocycles. The summed E-state index contributed by atoms with van der Waals surface area (Å²) in [5.74, 6) is 0.279. The van der Waals surface area contributed by atoms with Gasteiger partial charge in [-0.2, -0.15) is 0 Å². The number of ether oxygens (including phenoxy) is 1. The summed E-state index contributed by atoms with van der Waals surface area (Å²) < 4.78 is 19.6. The van der Waals surface area contributed by atoms with Crippen molar-refractivity contribution in [2.45, 2.75) is 26.3 Å². The second-order valence-corrected chi connectivity index (χ2v) is 7.81. The molecule has 0 bridgehead atoms. The molecule has 0 saturated carbocycles. The molecule has 2 aromatic rings. The lowest BCUT2D eigenvalue weighted by molar-refractivity contribution is -0.126. The van der Waals surface area contributed by atoms with Crippen LogP contribution in [0.15, 0.2) is 42.5 Å². The normalized spacial score (nSPS) is 15.4. The minimum Gasteiger partial charge on any atom is -0.497 e. The summed E-state index contributed by atoms with van der Waals surface area (Å²) in [6, 6.07) is 12.2. The maximum Gasteiger partial charge on any atom is 0.237 e. The van der Waals surface area contributed by atoms with Gasteiger partial charge in [0.15, 0.2) is 5.78 Å². The van der Waals surface area contributed by atoms with Crippen molar-refractivity contribution < 1.29 is 18.7 Å². The second-order valence-electron chi connectivity index (χ2n) is 7.81. The topological polar surface area (TPSA) is 61.9 Å². The number of Topliss-reactive ketones (excluding diaryl/α,β-unsaturated/α-hetero) is 1. The first-order valence-corrected chi connectivity index (χ1v) is 10.6. The number of rotatable bonds is 8. The molecule has 0 spiro atoms. The van der Waals surface area contributed by atoms with Gasteiger partial charge in [-0.15, -0.1) is 0 Å². The Morgan fingerprint density at radius 1 is 1.10 bits per heavy atom. The summed E-state index contributed by atoms with van der Waals surface area (Å²) in [6.45, 7) is 6.49. The number of methoxy groups -OCH3 is 1. The number of ketones is 1. The van der Waals surface area contributed by atoms with Gasteiger partial charge in [0.2, 0.25) is 5.91 Å². The maximum atomic E-state index is 14.4. The van der Waals surface area contributed by atoms with Gasteiger partial charge in [0, 0.05) is 38.3 Å². The maximum absolute atomic E-state index is 14.4. The highest BCUT2D eigenvalue weighted by molar-refractivity contribution is 5.94. The van der Waals surface area contributed by atoms with Crippen LogP contribution in [0.5, 0.6) is 5.75 Å². The minimum absolute atomic E-state index is 0.000969. The number of benzene rings is 2. The molecular weight excluding hydrogens is 397 g/mol. The zero-order valence-electron chi connectivity index (χ0n) is 18.4. The van der Waals surface area contributed by atoms with Gasteiger partial charge >= 0.3 is 0 Å². The summed E-state index contributed by atoms with van der Waals surface area (Å²) >= 11 is 0. The molecule has 31 heavy (non-hydrogen) atoms. The number of anilines is 1. The first kappa shape index (κ1) is 22.7. The molecule has 1 fully saturated rings. The van der Waals surface area contributed by atoms with Gasteiger partial charge in [0.05, 0.1) is 18.8 Å². The highest BCUT2D eigenvalue weighted by Crippen LogP contribution is 2.23. The molecular formula is C24H30FN3O3. The summed E-state index contributed by atoms with van der Waals surface area (Å²) in [5, 5.41) is 3.01. The SMILES string of the molecule is COc1ccc(CCNC(=O)C(C)N2CCN(c3ccc(C(C)=O)cc3F)CC2)cc1. The molecule has 2 aromatic carbocycles. The van der Waals surface area contributed by atoms with Crippen LogP contribution in [0, 0.1) is 5.82 Å². The summed E-state index contributed by atoms with van der Waals surface area (Å²) in [6.07, 6.45) is 0.756. The molecule has 1 N–H and O–H groups in total. The first-order chi connectivity index (χ1) is 14.9. The Morgan fingerprint density at radius 3 is 2.35 bits per heavy atom. The van der Waals surface area contributed by atoms with Gasteiger partial charge < -0.3 is 15.0 Å². The number of nitrogens with one attached hydrogen (secondary N) is 1. The van der Waals surface area contributed by atoms with Crippen molar-refractivity contribution >= 4 is 17.4 Å². The fourth-order valence-corrected chi connectivity index (χ4v) is 3.77. The summed E-state index contributed by atoms with van der Waals surface area (Å²) in [7, 11) is 1.64. The standard InChI is InChI=1S/C24H30FN3O3/c1-17(24(30)26-11-10-19-4-7-21(31-3)8-5-19)27-12-14-28(15-13-27)23-9-6-20(18(2)29)16-22(23)25/h4-9,16-17H,10-15H2,1-3H3,(H,26,30). The van der Waals surface area contributed by atoms with Crippen molar-refractivity contribution in [1.82, 2.24) is 10.2 Å². The van der Waals surface area contributed by atoms with Gasteiger partial charge in [-0.25, -0.2) is 4.39 Å². The fraction of sp³-hybridized carbons (Fsp3) is 0.417. The predicted octanol–water partition coefficient (Wildman–Crippen LogP) is 2.91. The molecule has 1 aliphatic rings. The molecule has 0 aliphatic carbocycles. The zero-order valence-corrected chi connectivity index (χ0v) is 18.4. The van der Waals surface area contributed by atoms with Crippen LogP contribution < -0.4 is 15.0 Å². The van der Waals surface area contributed by atoms with E-state index in [1.807, 2.05) is 36.1 Å². The molecule has 0 aromatic heterocycles. The smallest absolute Gasteiger partial charge is 0.237 e. The van der Waals surface area contributed by atoms with Crippen molar-refractivity contribution in [3.05, 3.63) is 59.4 Å². The molecule has 3 rings (SSSR count). The fourth-order valence-electron chi connectivity index (χ4n) is 3.77. The number of halogens is 1. The second kappa shape index (κ2) is 10.4. The Morgan fingerprint density at radius 2 is 1.77 bits per heavy atom. The number of amides is 1. The zero-order chi connectivity index (χ0) is 22.4. The molecule has 1 amide bonds. The number of hydrogen-bond acceptors (Lipinski definition) is 5. The molecule has 6 nitrogen and oxygen atoms in total. The van der Waals surface area contributed by atoms with Crippen LogP contribution in [0.2, 0.25) is 0 Å².